The van der Waals surface area contributed by atoms with Gasteiger partial charge in [0.05, 0.1) is 23.8 Å². The summed E-state index contributed by atoms with van der Waals surface area (Å²) in [7, 11) is 1.97. The molecule has 0 radical (unpaired) electrons. The molecule has 0 unspecified atom stereocenters. The summed E-state index contributed by atoms with van der Waals surface area (Å²) in [5.74, 6) is 0. The molecule has 1 aromatic heterocycles. The Bertz CT molecular complexity index is 565. The van der Waals surface area contributed by atoms with Crippen LogP contribution < -0.4 is 10.2 Å². The Kier molecular flexibility index (Phi) is 4.68. The molecular formula is C17H26N4. The zero-order valence-electron chi connectivity index (χ0n) is 13.7. The molecule has 0 aliphatic heterocycles. The second-order valence-electron chi connectivity index (χ2n) is 5.71. The van der Waals surface area contributed by atoms with Crippen molar-refractivity contribution in [2.75, 3.05) is 25.0 Å². The normalized spacial score (nSPS) is 11.7. The number of nitrogens with one attached hydrogen (secondary N) is 1. The molecular weight excluding hydrogens is 260 g/mol. The molecule has 0 fully saturated rings. The fourth-order valence-corrected chi connectivity index (χ4v) is 2.50. The van der Waals surface area contributed by atoms with Gasteiger partial charge in [-0.2, -0.15) is 0 Å². The third-order valence-electron chi connectivity index (χ3n) is 4.16. The molecule has 0 saturated heterocycles. The molecule has 0 amide bonds. The second kappa shape index (κ2) is 6.31. The molecule has 0 saturated carbocycles. The van der Waals surface area contributed by atoms with Crippen LogP contribution in [0.3, 0.4) is 0 Å². The number of anilines is 1. The topological polar surface area (TPSA) is 33.1 Å². The fraction of sp³-hybridized carbons (Fsp3) is 0.471. The Morgan fingerprint density at radius 3 is 2.29 bits per heavy atom. The predicted octanol–water partition coefficient (Wildman–Crippen LogP) is 3.17. The van der Waals surface area contributed by atoms with E-state index in [1.54, 1.807) is 0 Å². The van der Waals surface area contributed by atoms with Gasteiger partial charge in [0, 0.05) is 24.5 Å². The van der Waals surface area contributed by atoms with Crippen LogP contribution in [0, 0.1) is 0 Å². The number of nitrogens with zero attached hydrogens (tertiary/aromatic N) is 3. The largest absolute Gasteiger partial charge is 0.372 e. The molecule has 0 atom stereocenters. The van der Waals surface area contributed by atoms with Crippen LogP contribution in [0.1, 0.15) is 33.4 Å². The van der Waals surface area contributed by atoms with Crippen LogP contribution in [0.5, 0.6) is 0 Å². The first kappa shape index (κ1) is 15.6. The Hall–Kier alpha value is -1.81. The van der Waals surface area contributed by atoms with Crippen LogP contribution in [-0.4, -0.2) is 29.7 Å². The molecule has 1 heterocycles. The number of aromatic nitrogens is 2. The van der Waals surface area contributed by atoms with Gasteiger partial charge in [-0.1, -0.05) is 0 Å². The number of imidazole rings is 1. The van der Waals surface area contributed by atoms with Crippen molar-refractivity contribution in [1.82, 2.24) is 14.9 Å². The molecule has 2 rings (SSSR count). The summed E-state index contributed by atoms with van der Waals surface area (Å²) in [5, 5.41) is 3.33. The summed E-state index contributed by atoms with van der Waals surface area (Å²) in [6, 6.07) is 8.67. The Morgan fingerprint density at radius 2 is 1.76 bits per heavy atom. The lowest BCUT2D eigenvalue weighted by molar-refractivity contribution is 0.425. The monoisotopic (exact) mass is 286 g/mol. The van der Waals surface area contributed by atoms with E-state index < -0.39 is 0 Å². The Labute approximate surface area is 127 Å². The van der Waals surface area contributed by atoms with E-state index in [0.717, 1.165) is 24.5 Å². The van der Waals surface area contributed by atoms with Gasteiger partial charge in [-0.25, -0.2) is 4.98 Å². The molecule has 0 bridgehead atoms. The van der Waals surface area contributed by atoms with Crippen molar-refractivity contribution in [3.63, 3.8) is 0 Å². The van der Waals surface area contributed by atoms with E-state index in [-0.39, 0.29) is 5.54 Å². The molecule has 0 spiro atoms. The molecule has 4 nitrogen and oxygen atoms in total. The van der Waals surface area contributed by atoms with Gasteiger partial charge in [-0.05, 0) is 59.0 Å². The average molecular weight is 286 g/mol. The lowest BCUT2D eigenvalue weighted by Gasteiger charge is -2.26. The van der Waals surface area contributed by atoms with Crippen LogP contribution in [-0.2, 0) is 5.54 Å². The first-order chi connectivity index (χ1) is 10.0. The maximum Gasteiger partial charge on any atom is 0.0994 e. The highest BCUT2D eigenvalue weighted by Gasteiger charge is 2.22. The minimum absolute atomic E-state index is 0.117. The number of hydrogen-bond acceptors (Lipinski definition) is 3. The standard InChI is InChI=1S/C17H26N4/c1-6-20(7-2)14-8-10-15(11-9-14)21-13-19-12-16(21)17(3,4)18-5/h8-13,18H,6-7H2,1-5H3. The zero-order valence-corrected chi connectivity index (χ0v) is 13.7. The quantitative estimate of drug-likeness (QED) is 0.885. The summed E-state index contributed by atoms with van der Waals surface area (Å²) in [4.78, 5) is 6.66. The number of benzene rings is 1. The van der Waals surface area contributed by atoms with E-state index in [2.05, 4.69) is 71.7 Å². The van der Waals surface area contributed by atoms with E-state index in [9.17, 15) is 0 Å². The lowest BCUT2D eigenvalue weighted by Crippen LogP contribution is -2.35. The van der Waals surface area contributed by atoms with Crippen molar-refractivity contribution in [2.45, 2.75) is 33.2 Å². The van der Waals surface area contributed by atoms with Crippen LogP contribution in [0.15, 0.2) is 36.8 Å². The molecule has 0 aliphatic carbocycles. The second-order valence-corrected chi connectivity index (χ2v) is 5.71. The van der Waals surface area contributed by atoms with Gasteiger partial charge in [-0.15, -0.1) is 0 Å². The fourth-order valence-electron chi connectivity index (χ4n) is 2.50. The molecule has 21 heavy (non-hydrogen) atoms. The number of hydrogen-bond donors (Lipinski definition) is 1. The average Bonchev–Trinajstić information content (AvgIpc) is 2.99. The maximum absolute atomic E-state index is 4.32. The van der Waals surface area contributed by atoms with Gasteiger partial charge < -0.3 is 14.8 Å². The molecule has 1 N–H and O–H groups in total. The van der Waals surface area contributed by atoms with Gasteiger partial charge in [0.25, 0.3) is 0 Å². The predicted molar refractivity (Wildman–Crippen MR) is 89.2 cm³/mol. The van der Waals surface area contributed by atoms with Crippen molar-refractivity contribution in [2.24, 2.45) is 0 Å². The molecule has 0 aliphatic rings. The van der Waals surface area contributed by atoms with E-state index >= 15 is 0 Å². The molecule has 2 aromatic rings. The molecule has 4 heteroatoms. The van der Waals surface area contributed by atoms with Crippen LogP contribution >= 0.6 is 0 Å². The van der Waals surface area contributed by atoms with E-state index in [4.69, 9.17) is 0 Å². The zero-order chi connectivity index (χ0) is 15.5. The van der Waals surface area contributed by atoms with Crippen LogP contribution in [0.4, 0.5) is 5.69 Å². The lowest BCUT2D eigenvalue weighted by atomic mass is 10.0. The van der Waals surface area contributed by atoms with Crippen molar-refractivity contribution in [1.29, 1.82) is 0 Å². The number of rotatable bonds is 6. The van der Waals surface area contributed by atoms with Crippen LogP contribution in [0.2, 0.25) is 0 Å². The van der Waals surface area contributed by atoms with Crippen molar-refractivity contribution < 1.29 is 0 Å². The smallest absolute Gasteiger partial charge is 0.0994 e. The van der Waals surface area contributed by atoms with Gasteiger partial charge >= 0.3 is 0 Å². The van der Waals surface area contributed by atoms with Gasteiger partial charge in [0.2, 0.25) is 0 Å². The highest BCUT2D eigenvalue weighted by Crippen LogP contribution is 2.24. The maximum atomic E-state index is 4.32. The van der Waals surface area contributed by atoms with Gasteiger partial charge in [0.15, 0.2) is 0 Å². The SMILES string of the molecule is CCN(CC)c1ccc(-n2cncc2C(C)(C)NC)cc1. The summed E-state index contributed by atoms with van der Waals surface area (Å²) in [6.45, 7) is 10.7. The van der Waals surface area contributed by atoms with Crippen LogP contribution in [0.25, 0.3) is 5.69 Å². The van der Waals surface area contributed by atoms with E-state index in [0.29, 0.717) is 0 Å². The van der Waals surface area contributed by atoms with E-state index in [1.165, 1.54) is 5.69 Å². The molecule has 1 aromatic carbocycles. The first-order valence-electron chi connectivity index (χ1n) is 7.60. The summed E-state index contributed by atoms with van der Waals surface area (Å²) >= 11 is 0. The first-order valence-corrected chi connectivity index (χ1v) is 7.60. The summed E-state index contributed by atoms with van der Waals surface area (Å²) in [5.41, 5.74) is 3.44. The Morgan fingerprint density at radius 1 is 1.14 bits per heavy atom. The molecule has 114 valence electrons. The van der Waals surface area contributed by atoms with Crippen molar-refractivity contribution in [3.8, 4) is 5.69 Å². The summed E-state index contributed by atoms with van der Waals surface area (Å²) < 4.78 is 2.14. The van der Waals surface area contributed by atoms with Gasteiger partial charge in [-0.3, -0.25) is 0 Å². The minimum atomic E-state index is -0.117. The van der Waals surface area contributed by atoms with Gasteiger partial charge in [0.1, 0.15) is 0 Å². The highest BCUT2D eigenvalue weighted by atomic mass is 15.1. The van der Waals surface area contributed by atoms with Crippen molar-refractivity contribution >= 4 is 5.69 Å². The van der Waals surface area contributed by atoms with Crippen molar-refractivity contribution in [3.05, 3.63) is 42.5 Å². The highest BCUT2D eigenvalue weighted by molar-refractivity contribution is 5.51. The van der Waals surface area contributed by atoms with E-state index in [1.807, 2.05) is 19.6 Å². The minimum Gasteiger partial charge on any atom is -0.372 e. The summed E-state index contributed by atoms with van der Waals surface area (Å²) in [6.07, 6.45) is 3.80. The third kappa shape index (κ3) is 3.10. The Balaban J connectivity index is 2.34. The third-order valence-corrected chi connectivity index (χ3v) is 4.16.